The molecule has 0 spiro atoms. The number of fused-ring (bicyclic) bond motifs is 1. The van der Waals surface area contributed by atoms with E-state index in [0.717, 1.165) is 0 Å². The van der Waals surface area contributed by atoms with E-state index in [-0.39, 0.29) is 34.8 Å². The van der Waals surface area contributed by atoms with E-state index in [0.29, 0.717) is 19.2 Å². The SMILES string of the molecule is CCN(CC)C(=O)COc1ccc2c(C(F)(F)F)cc(=O)oc2c1C. The molecule has 1 heterocycles. The van der Waals surface area contributed by atoms with Gasteiger partial charge < -0.3 is 14.1 Å². The van der Waals surface area contributed by atoms with E-state index in [1.54, 1.807) is 4.90 Å². The Hall–Kier alpha value is -2.51. The number of ether oxygens (including phenoxy) is 1. The first-order valence-electron chi connectivity index (χ1n) is 7.74. The summed E-state index contributed by atoms with van der Waals surface area (Å²) in [4.78, 5) is 25.0. The molecule has 0 radical (unpaired) electrons. The quantitative estimate of drug-likeness (QED) is 0.770. The summed E-state index contributed by atoms with van der Waals surface area (Å²) in [7, 11) is 0. The summed E-state index contributed by atoms with van der Waals surface area (Å²) in [6.07, 6.45) is -4.68. The number of carbonyl (C=O) groups is 1. The predicted molar refractivity (Wildman–Crippen MR) is 85.6 cm³/mol. The molecule has 5 nitrogen and oxygen atoms in total. The number of aryl methyl sites for hydroxylation is 1. The van der Waals surface area contributed by atoms with E-state index in [4.69, 9.17) is 9.15 Å². The lowest BCUT2D eigenvalue weighted by Crippen LogP contribution is -2.34. The van der Waals surface area contributed by atoms with Crippen LogP contribution in [0.4, 0.5) is 13.2 Å². The molecule has 1 aromatic carbocycles. The Morgan fingerprint density at radius 3 is 2.44 bits per heavy atom. The molecule has 136 valence electrons. The number of hydrogen-bond acceptors (Lipinski definition) is 4. The molecule has 0 N–H and O–H groups in total. The number of likely N-dealkylation sites (N-methyl/N-ethyl adjacent to an activating group) is 1. The molecule has 0 aliphatic heterocycles. The van der Waals surface area contributed by atoms with Crippen LogP contribution < -0.4 is 10.4 Å². The van der Waals surface area contributed by atoms with Gasteiger partial charge in [-0.15, -0.1) is 0 Å². The molecule has 1 amide bonds. The number of nitrogens with zero attached hydrogens (tertiary/aromatic N) is 1. The van der Waals surface area contributed by atoms with Crippen molar-refractivity contribution in [3.05, 3.63) is 39.7 Å². The standard InChI is InChI=1S/C17H18F3NO4/c1-4-21(5-2)14(22)9-24-13-7-6-11-12(17(18,19)20)8-15(23)25-16(11)10(13)3/h6-8H,4-5,9H2,1-3H3. The van der Waals surface area contributed by atoms with Gasteiger partial charge in [-0.2, -0.15) is 13.2 Å². The van der Waals surface area contributed by atoms with Crippen LogP contribution in [0.2, 0.25) is 0 Å². The number of halogens is 3. The van der Waals surface area contributed by atoms with Crippen LogP contribution in [-0.2, 0) is 11.0 Å². The van der Waals surface area contributed by atoms with Gasteiger partial charge in [0.05, 0.1) is 5.56 Å². The van der Waals surface area contributed by atoms with Crippen molar-refractivity contribution < 1.29 is 27.1 Å². The molecule has 0 unspecified atom stereocenters. The van der Waals surface area contributed by atoms with Crippen LogP contribution >= 0.6 is 0 Å². The molecule has 0 atom stereocenters. The van der Waals surface area contributed by atoms with E-state index in [2.05, 4.69) is 0 Å². The van der Waals surface area contributed by atoms with Crippen LogP contribution in [0.15, 0.2) is 27.4 Å². The number of hydrogen-bond donors (Lipinski definition) is 0. The number of benzene rings is 1. The van der Waals surface area contributed by atoms with Crippen molar-refractivity contribution in [3.8, 4) is 5.75 Å². The van der Waals surface area contributed by atoms with Gasteiger partial charge in [0.2, 0.25) is 0 Å². The average Bonchev–Trinajstić information content (AvgIpc) is 2.54. The van der Waals surface area contributed by atoms with Crippen LogP contribution in [-0.4, -0.2) is 30.5 Å². The zero-order chi connectivity index (χ0) is 18.8. The Morgan fingerprint density at radius 2 is 1.88 bits per heavy atom. The second-order valence-electron chi connectivity index (χ2n) is 5.40. The molecular formula is C17H18F3NO4. The Labute approximate surface area is 142 Å². The summed E-state index contributed by atoms with van der Waals surface area (Å²) in [6, 6.07) is 2.93. The van der Waals surface area contributed by atoms with E-state index in [9.17, 15) is 22.8 Å². The minimum absolute atomic E-state index is 0.190. The topological polar surface area (TPSA) is 59.8 Å². The highest BCUT2D eigenvalue weighted by Crippen LogP contribution is 2.36. The van der Waals surface area contributed by atoms with Crippen LogP contribution in [0.5, 0.6) is 5.75 Å². The van der Waals surface area contributed by atoms with Crippen molar-refractivity contribution in [3.63, 3.8) is 0 Å². The molecule has 2 rings (SSSR count). The maximum Gasteiger partial charge on any atom is 0.417 e. The van der Waals surface area contributed by atoms with Gasteiger partial charge in [-0.1, -0.05) is 0 Å². The van der Waals surface area contributed by atoms with E-state index >= 15 is 0 Å². The Morgan fingerprint density at radius 1 is 1.24 bits per heavy atom. The van der Waals surface area contributed by atoms with Crippen molar-refractivity contribution >= 4 is 16.9 Å². The molecule has 0 aliphatic rings. The predicted octanol–water partition coefficient (Wildman–Crippen LogP) is 3.37. The minimum atomic E-state index is -4.68. The van der Waals surface area contributed by atoms with Crippen molar-refractivity contribution in [2.24, 2.45) is 0 Å². The van der Waals surface area contributed by atoms with Crippen LogP contribution in [0.3, 0.4) is 0 Å². The van der Waals surface area contributed by atoms with Crippen molar-refractivity contribution in [1.29, 1.82) is 0 Å². The number of rotatable bonds is 5. The lowest BCUT2D eigenvalue weighted by molar-refractivity contribution is -0.136. The van der Waals surface area contributed by atoms with E-state index in [1.807, 2.05) is 13.8 Å². The molecule has 0 saturated carbocycles. The Kier molecular flexibility index (Phi) is 5.39. The first-order chi connectivity index (χ1) is 11.7. The second-order valence-corrected chi connectivity index (χ2v) is 5.40. The largest absolute Gasteiger partial charge is 0.483 e. The molecule has 8 heteroatoms. The molecule has 0 saturated heterocycles. The van der Waals surface area contributed by atoms with E-state index < -0.39 is 17.4 Å². The van der Waals surface area contributed by atoms with Gasteiger partial charge >= 0.3 is 11.8 Å². The highest BCUT2D eigenvalue weighted by Gasteiger charge is 2.34. The third-order valence-corrected chi connectivity index (χ3v) is 3.88. The van der Waals surface area contributed by atoms with Crippen LogP contribution in [0, 0.1) is 6.92 Å². The van der Waals surface area contributed by atoms with E-state index in [1.165, 1.54) is 19.1 Å². The van der Waals surface area contributed by atoms with Crippen molar-refractivity contribution in [2.75, 3.05) is 19.7 Å². The minimum Gasteiger partial charge on any atom is -0.483 e. The molecule has 2 aromatic rings. The fourth-order valence-corrected chi connectivity index (χ4v) is 2.54. The fourth-order valence-electron chi connectivity index (χ4n) is 2.54. The van der Waals surface area contributed by atoms with Crippen LogP contribution in [0.25, 0.3) is 11.0 Å². The van der Waals surface area contributed by atoms with Crippen molar-refractivity contribution in [2.45, 2.75) is 26.9 Å². The zero-order valence-electron chi connectivity index (χ0n) is 14.1. The summed E-state index contributed by atoms with van der Waals surface area (Å²) in [6.45, 7) is 5.93. The highest BCUT2D eigenvalue weighted by molar-refractivity contribution is 5.85. The van der Waals surface area contributed by atoms with Crippen LogP contribution in [0.1, 0.15) is 25.0 Å². The van der Waals surface area contributed by atoms with Gasteiger partial charge in [-0.25, -0.2) is 4.79 Å². The lowest BCUT2D eigenvalue weighted by atomic mass is 10.1. The van der Waals surface area contributed by atoms with Gasteiger partial charge in [0.25, 0.3) is 5.91 Å². The highest BCUT2D eigenvalue weighted by atomic mass is 19.4. The normalized spacial score (nSPS) is 11.6. The molecule has 0 fully saturated rings. The summed E-state index contributed by atoms with van der Waals surface area (Å²) in [5.74, 6) is -0.0505. The molecule has 25 heavy (non-hydrogen) atoms. The van der Waals surface area contributed by atoms with Gasteiger partial charge in [-0.3, -0.25) is 4.79 Å². The first kappa shape index (κ1) is 18.8. The molecule has 0 aliphatic carbocycles. The molecule has 1 aromatic heterocycles. The summed E-state index contributed by atoms with van der Waals surface area (Å²) < 4.78 is 49.6. The zero-order valence-corrected chi connectivity index (χ0v) is 14.1. The van der Waals surface area contributed by atoms with Gasteiger partial charge in [-0.05, 0) is 32.9 Å². The Bertz CT molecular complexity index is 838. The third-order valence-electron chi connectivity index (χ3n) is 3.88. The van der Waals surface area contributed by atoms with Crippen molar-refractivity contribution in [1.82, 2.24) is 4.90 Å². The fraction of sp³-hybridized carbons (Fsp3) is 0.412. The Balaban J connectivity index is 2.40. The average molecular weight is 357 g/mol. The molecule has 0 bridgehead atoms. The lowest BCUT2D eigenvalue weighted by Gasteiger charge is -2.19. The smallest absolute Gasteiger partial charge is 0.417 e. The number of amides is 1. The third kappa shape index (κ3) is 3.94. The number of carbonyl (C=O) groups excluding carboxylic acids is 1. The number of alkyl halides is 3. The van der Waals surface area contributed by atoms with Gasteiger partial charge in [0.15, 0.2) is 6.61 Å². The summed E-state index contributed by atoms with van der Waals surface area (Å²) in [5.41, 5.74) is -2.13. The van der Waals surface area contributed by atoms with Gasteiger partial charge in [0.1, 0.15) is 11.3 Å². The molecular weight excluding hydrogens is 339 g/mol. The maximum absolute atomic E-state index is 13.1. The maximum atomic E-state index is 13.1. The first-order valence-corrected chi connectivity index (χ1v) is 7.74. The second kappa shape index (κ2) is 7.16. The summed E-state index contributed by atoms with van der Waals surface area (Å²) >= 11 is 0. The monoisotopic (exact) mass is 357 g/mol. The van der Waals surface area contributed by atoms with Gasteiger partial charge in [0, 0.05) is 30.1 Å². The summed E-state index contributed by atoms with van der Waals surface area (Å²) in [5, 5.41) is -0.230.